The molecule has 2 N–H and O–H groups in total. The maximum Gasteiger partial charge on any atom is 0.309 e. The van der Waals surface area contributed by atoms with Crippen molar-refractivity contribution in [3.05, 3.63) is 39.4 Å². The molecule has 1 aromatic carbocycles. The van der Waals surface area contributed by atoms with Crippen LogP contribution in [0.15, 0.2) is 18.2 Å². The van der Waals surface area contributed by atoms with Gasteiger partial charge in [0.1, 0.15) is 0 Å². The van der Waals surface area contributed by atoms with Gasteiger partial charge in [0.25, 0.3) is 5.69 Å². The summed E-state index contributed by atoms with van der Waals surface area (Å²) in [7, 11) is 0. The molecule has 0 aromatic heterocycles. The molecule has 130 valence electrons. The molecule has 1 aromatic rings. The van der Waals surface area contributed by atoms with Crippen LogP contribution in [0.1, 0.15) is 35.7 Å². The van der Waals surface area contributed by atoms with E-state index in [1.807, 2.05) is 0 Å². The predicted molar refractivity (Wildman–Crippen MR) is 86.2 cm³/mol. The Bertz CT molecular complexity index is 639. The SMILES string of the molecule is CCOC(=O)C1CCN(Cc2ccc(C(N)=O)cc2[N+](=O)[O-])CC1. The van der Waals surface area contributed by atoms with Gasteiger partial charge in [-0.3, -0.25) is 24.6 Å². The van der Waals surface area contributed by atoms with E-state index in [0.717, 1.165) is 0 Å². The van der Waals surface area contributed by atoms with Gasteiger partial charge in [0, 0.05) is 23.7 Å². The number of carbonyl (C=O) groups excluding carboxylic acids is 2. The molecule has 1 heterocycles. The quantitative estimate of drug-likeness (QED) is 0.478. The molecule has 8 heteroatoms. The minimum absolute atomic E-state index is 0.103. The van der Waals surface area contributed by atoms with Crippen LogP contribution in [0.4, 0.5) is 5.69 Å². The van der Waals surface area contributed by atoms with Gasteiger partial charge in [0.15, 0.2) is 0 Å². The normalized spacial score (nSPS) is 15.9. The number of rotatable bonds is 6. The summed E-state index contributed by atoms with van der Waals surface area (Å²) in [4.78, 5) is 35.7. The first-order valence-electron chi connectivity index (χ1n) is 7.88. The molecule has 0 radical (unpaired) electrons. The van der Waals surface area contributed by atoms with Gasteiger partial charge in [-0.2, -0.15) is 0 Å². The molecule has 0 bridgehead atoms. The Hall–Kier alpha value is -2.48. The lowest BCUT2D eigenvalue weighted by molar-refractivity contribution is -0.385. The molecule has 0 saturated carbocycles. The molecule has 1 amide bonds. The highest BCUT2D eigenvalue weighted by atomic mass is 16.6. The monoisotopic (exact) mass is 335 g/mol. The Morgan fingerprint density at radius 1 is 1.38 bits per heavy atom. The van der Waals surface area contributed by atoms with Crippen LogP contribution in [0.5, 0.6) is 0 Å². The van der Waals surface area contributed by atoms with Crippen LogP contribution in [0.25, 0.3) is 0 Å². The van der Waals surface area contributed by atoms with Crippen LogP contribution in [-0.4, -0.2) is 41.4 Å². The molecule has 0 atom stereocenters. The van der Waals surface area contributed by atoms with Gasteiger partial charge in [-0.15, -0.1) is 0 Å². The Morgan fingerprint density at radius 3 is 2.58 bits per heavy atom. The van der Waals surface area contributed by atoms with Crippen LogP contribution in [0.2, 0.25) is 0 Å². The number of nitrogens with zero attached hydrogens (tertiary/aromatic N) is 2. The van der Waals surface area contributed by atoms with E-state index in [1.54, 1.807) is 13.0 Å². The lowest BCUT2D eigenvalue weighted by atomic mass is 9.96. The van der Waals surface area contributed by atoms with Gasteiger partial charge in [0.05, 0.1) is 17.4 Å². The summed E-state index contributed by atoms with van der Waals surface area (Å²) >= 11 is 0. The number of piperidine rings is 1. The molecule has 0 unspecified atom stereocenters. The van der Waals surface area contributed by atoms with E-state index in [4.69, 9.17) is 10.5 Å². The molecule has 1 saturated heterocycles. The summed E-state index contributed by atoms with van der Waals surface area (Å²) in [5, 5.41) is 11.2. The number of nitro groups is 1. The second-order valence-corrected chi connectivity index (χ2v) is 5.77. The summed E-state index contributed by atoms with van der Waals surface area (Å²) in [6.45, 7) is 3.88. The maximum absolute atomic E-state index is 11.7. The fourth-order valence-corrected chi connectivity index (χ4v) is 2.85. The summed E-state index contributed by atoms with van der Waals surface area (Å²) in [5.74, 6) is -0.970. The zero-order chi connectivity index (χ0) is 17.7. The maximum atomic E-state index is 11.7. The summed E-state index contributed by atoms with van der Waals surface area (Å²) in [6.07, 6.45) is 1.35. The lowest BCUT2D eigenvalue weighted by Gasteiger charge is -2.30. The Labute approximate surface area is 139 Å². The molecule has 24 heavy (non-hydrogen) atoms. The third-order valence-corrected chi connectivity index (χ3v) is 4.17. The fraction of sp³-hybridized carbons (Fsp3) is 0.500. The smallest absolute Gasteiger partial charge is 0.309 e. The van der Waals surface area contributed by atoms with Crippen molar-refractivity contribution in [2.75, 3.05) is 19.7 Å². The van der Waals surface area contributed by atoms with Gasteiger partial charge in [-0.05, 0) is 38.9 Å². The number of benzene rings is 1. The summed E-state index contributed by atoms with van der Waals surface area (Å²) < 4.78 is 5.03. The number of esters is 1. The average molecular weight is 335 g/mol. The number of amides is 1. The van der Waals surface area contributed by atoms with Crippen molar-refractivity contribution in [1.82, 2.24) is 4.90 Å². The Kier molecular flexibility index (Phi) is 5.86. The number of carbonyl (C=O) groups is 2. The van der Waals surface area contributed by atoms with E-state index < -0.39 is 10.8 Å². The van der Waals surface area contributed by atoms with Crippen LogP contribution >= 0.6 is 0 Å². The highest BCUT2D eigenvalue weighted by molar-refractivity contribution is 5.93. The second-order valence-electron chi connectivity index (χ2n) is 5.77. The summed E-state index contributed by atoms with van der Waals surface area (Å²) in [6, 6.07) is 4.27. The molecule has 0 aliphatic carbocycles. The number of hydrogen-bond donors (Lipinski definition) is 1. The van der Waals surface area contributed by atoms with Crippen molar-refractivity contribution in [1.29, 1.82) is 0 Å². The van der Waals surface area contributed by atoms with Crippen LogP contribution in [0, 0.1) is 16.0 Å². The fourth-order valence-electron chi connectivity index (χ4n) is 2.85. The lowest BCUT2D eigenvalue weighted by Crippen LogP contribution is -2.36. The molecule has 0 spiro atoms. The van der Waals surface area contributed by atoms with Gasteiger partial charge in [-0.25, -0.2) is 0 Å². The van der Waals surface area contributed by atoms with Gasteiger partial charge >= 0.3 is 5.97 Å². The Balaban J connectivity index is 2.03. The van der Waals surface area contributed by atoms with Crippen molar-refractivity contribution >= 4 is 17.6 Å². The first kappa shape index (κ1) is 17.9. The van der Waals surface area contributed by atoms with Crippen LogP contribution in [0.3, 0.4) is 0 Å². The van der Waals surface area contributed by atoms with E-state index in [2.05, 4.69) is 4.90 Å². The van der Waals surface area contributed by atoms with Crippen molar-refractivity contribution in [2.45, 2.75) is 26.3 Å². The molecule has 1 aliphatic heterocycles. The highest BCUT2D eigenvalue weighted by Crippen LogP contribution is 2.25. The number of primary amides is 1. The van der Waals surface area contributed by atoms with E-state index >= 15 is 0 Å². The Morgan fingerprint density at radius 2 is 2.04 bits per heavy atom. The van der Waals surface area contributed by atoms with E-state index in [-0.39, 0.29) is 23.1 Å². The first-order chi connectivity index (χ1) is 11.4. The third-order valence-electron chi connectivity index (χ3n) is 4.17. The minimum atomic E-state index is -0.695. The minimum Gasteiger partial charge on any atom is -0.466 e. The molecule has 1 fully saturated rings. The zero-order valence-electron chi connectivity index (χ0n) is 13.6. The third kappa shape index (κ3) is 4.29. The number of ether oxygens (including phenoxy) is 1. The topological polar surface area (TPSA) is 116 Å². The predicted octanol–water partition coefficient (Wildman–Crippen LogP) is 1.47. The largest absolute Gasteiger partial charge is 0.466 e. The van der Waals surface area contributed by atoms with Crippen LogP contribution < -0.4 is 5.73 Å². The number of nitrogens with two attached hydrogens (primary N) is 1. The van der Waals surface area contributed by atoms with Gasteiger partial charge in [-0.1, -0.05) is 6.07 Å². The molecule has 1 aliphatic rings. The van der Waals surface area contributed by atoms with Gasteiger partial charge < -0.3 is 10.5 Å². The van der Waals surface area contributed by atoms with Crippen molar-refractivity contribution in [2.24, 2.45) is 11.7 Å². The average Bonchev–Trinajstić information content (AvgIpc) is 2.55. The second kappa shape index (κ2) is 7.87. The van der Waals surface area contributed by atoms with Crippen molar-refractivity contribution in [3.8, 4) is 0 Å². The number of hydrogen-bond acceptors (Lipinski definition) is 6. The van der Waals surface area contributed by atoms with E-state index in [9.17, 15) is 19.7 Å². The summed E-state index contributed by atoms with van der Waals surface area (Å²) in [5.41, 5.74) is 5.70. The van der Waals surface area contributed by atoms with Crippen LogP contribution in [-0.2, 0) is 16.1 Å². The number of nitro benzene ring substituents is 1. The van der Waals surface area contributed by atoms with E-state index in [1.165, 1.54) is 12.1 Å². The molecular formula is C16H21N3O5. The molecule has 2 rings (SSSR count). The zero-order valence-corrected chi connectivity index (χ0v) is 13.6. The van der Waals surface area contributed by atoms with Crippen molar-refractivity contribution in [3.63, 3.8) is 0 Å². The highest BCUT2D eigenvalue weighted by Gasteiger charge is 2.27. The first-order valence-corrected chi connectivity index (χ1v) is 7.88. The molecular weight excluding hydrogens is 314 g/mol. The van der Waals surface area contributed by atoms with Gasteiger partial charge in [0.2, 0.25) is 5.91 Å². The number of likely N-dealkylation sites (tertiary alicyclic amines) is 1. The van der Waals surface area contributed by atoms with E-state index in [0.29, 0.717) is 44.6 Å². The standard InChI is InChI=1S/C16H21N3O5/c1-2-24-16(21)11-5-7-18(8-6-11)10-13-4-3-12(15(17)20)9-14(13)19(22)23/h3-4,9,11H,2,5-8,10H2,1H3,(H2,17,20). The molecule has 8 nitrogen and oxygen atoms in total. The van der Waals surface area contributed by atoms with Crippen molar-refractivity contribution < 1.29 is 19.2 Å².